The highest BCUT2D eigenvalue weighted by molar-refractivity contribution is 7.08. The van der Waals surface area contributed by atoms with Crippen molar-refractivity contribution < 1.29 is 4.79 Å². The number of rotatable bonds is 9. The first kappa shape index (κ1) is 19.9. The number of nitrogens with zero attached hydrogens (tertiary/aromatic N) is 2. The van der Waals surface area contributed by atoms with Crippen molar-refractivity contribution in [3.63, 3.8) is 0 Å². The van der Waals surface area contributed by atoms with Gasteiger partial charge in [0.2, 0.25) is 0 Å². The van der Waals surface area contributed by atoms with Gasteiger partial charge in [0.15, 0.2) is 0 Å². The monoisotopic (exact) mass is 408 g/mol. The number of thiophene rings is 1. The second-order valence-corrected chi connectivity index (χ2v) is 8.27. The molecule has 4 rings (SSSR count). The van der Waals surface area contributed by atoms with Gasteiger partial charge < -0.3 is 10.6 Å². The van der Waals surface area contributed by atoms with Crippen LogP contribution >= 0.6 is 11.3 Å². The third kappa shape index (κ3) is 4.60. The Morgan fingerprint density at radius 1 is 1.24 bits per heavy atom. The van der Waals surface area contributed by atoms with Gasteiger partial charge >= 0.3 is 0 Å². The first-order valence-corrected chi connectivity index (χ1v) is 11.3. The largest absolute Gasteiger partial charge is 0.368 e. The van der Waals surface area contributed by atoms with Gasteiger partial charge in [0.25, 0.3) is 5.91 Å². The van der Waals surface area contributed by atoms with Crippen LogP contribution in [0.5, 0.6) is 0 Å². The third-order valence-corrected chi connectivity index (χ3v) is 6.23. The van der Waals surface area contributed by atoms with Crippen LogP contribution in [0.1, 0.15) is 48.7 Å². The fraction of sp³-hybridized carbons (Fsp3) is 0.391. The minimum absolute atomic E-state index is 0.00715. The quantitative estimate of drug-likeness (QED) is 0.540. The number of hydrogen-bond acceptors (Lipinski definition) is 5. The molecule has 2 heterocycles. The smallest absolute Gasteiger partial charge is 0.252 e. The SMILES string of the molecule is CCN(CC)C(CNc1cc(C(=O)NC2CC2)c2ccccc2n1)c1ccsc1. The second-order valence-electron chi connectivity index (χ2n) is 7.49. The molecule has 0 bridgehead atoms. The van der Waals surface area contributed by atoms with Crippen molar-refractivity contribution in [1.29, 1.82) is 0 Å². The number of carbonyl (C=O) groups is 1. The van der Waals surface area contributed by atoms with Gasteiger partial charge in [-0.05, 0) is 60.5 Å². The number of likely N-dealkylation sites (N-methyl/N-ethyl adjacent to an activating group) is 1. The van der Waals surface area contributed by atoms with E-state index in [0.29, 0.717) is 11.6 Å². The average molecular weight is 409 g/mol. The van der Waals surface area contributed by atoms with Gasteiger partial charge in [0, 0.05) is 18.0 Å². The van der Waals surface area contributed by atoms with E-state index in [1.54, 1.807) is 11.3 Å². The maximum absolute atomic E-state index is 12.8. The maximum Gasteiger partial charge on any atom is 0.252 e. The van der Waals surface area contributed by atoms with E-state index in [1.807, 2.05) is 30.3 Å². The summed E-state index contributed by atoms with van der Waals surface area (Å²) in [4.78, 5) is 20.0. The zero-order valence-corrected chi connectivity index (χ0v) is 17.8. The number of pyridine rings is 1. The van der Waals surface area contributed by atoms with E-state index in [2.05, 4.69) is 46.2 Å². The Balaban J connectivity index is 1.60. The van der Waals surface area contributed by atoms with Gasteiger partial charge in [0.05, 0.1) is 17.1 Å². The van der Waals surface area contributed by atoms with Crippen LogP contribution in [0.3, 0.4) is 0 Å². The van der Waals surface area contributed by atoms with Crippen LogP contribution in [0.2, 0.25) is 0 Å². The Morgan fingerprint density at radius 3 is 2.72 bits per heavy atom. The van der Waals surface area contributed by atoms with Gasteiger partial charge in [-0.2, -0.15) is 11.3 Å². The third-order valence-electron chi connectivity index (χ3n) is 5.53. The Bertz CT molecular complexity index is 964. The fourth-order valence-electron chi connectivity index (χ4n) is 3.73. The predicted octanol–water partition coefficient (Wildman–Crippen LogP) is 4.68. The summed E-state index contributed by atoms with van der Waals surface area (Å²) in [5.74, 6) is 0.740. The maximum atomic E-state index is 12.8. The predicted molar refractivity (Wildman–Crippen MR) is 121 cm³/mol. The number of para-hydroxylation sites is 1. The minimum Gasteiger partial charge on any atom is -0.368 e. The summed E-state index contributed by atoms with van der Waals surface area (Å²) in [5, 5.41) is 11.9. The molecule has 29 heavy (non-hydrogen) atoms. The molecule has 2 N–H and O–H groups in total. The first-order valence-electron chi connectivity index (χ1n) is 10.4. The van der Waals surface area contributed by atoms with Crippen LogP contribution in [-0.2, 0) is 0 Å². The fourth-order valence-corrected chi connectivity index (χ4v) is 4.44. The molecule has 1 unspecified atom stereocenters. The Hall–Kier alpha value is -2.44. The molecular weight excluding hydrogens is 380 g/mol. The highest BCUT2D eigenvalue weighted by Gasteiger charge is 2.25. The van der Waals surface area contributed by atoms with E-state index in [9.17, 15) is 4.79 Å². The van der Waals surface area contributed by atoms with E-state index >= 15 is 0 Å². The van der Waals surface area contributed by atoms with Gasteiger partial charge in [-0.15, -0.1) is 0 Å². The summed E-state index contributed by atoms with van der Waals surface area (Å²) in [6, 6.07) is 12.5. The summed E-state index contributed by atoms with van der Waals surface area (Å²) in [5.41, 5.74) is 2.85. The molecule has 1 aromatic carbocycles. The molecule has 1 amide bonds. The molecule has 1 aliphatic carbocycles. The zero-order chi connectivity index (χ0) is 20.2. The van der Waals surface area contributed by atoms with Crippen LogP contribution in [0.4, 0.5) is 5.82 Å². The molecule has 1 atom stereocenters. The molecule has 0 saturated heterocycles. The van der Waals surface area contributed by atoms with Crippen LogP contribution in [0.15, 0.2) is 47.2 Å². The second kappa shape index (κ2) is 8.93. The molecule has 0 aliphatic heterocycles. The summed E-state index contributed by atoms with van der Waals surface area (Å²) < 4.78 is 0. The van der Waals surface area contributed by atoms with E-state index in [4.69, 9.17) is 4.98 Å². The Morgan fingerprint density at radius 2 is 2.03 bits per heavy atom. The van der Waals surface area contributed by atoms with Gasteiger partial charge in [0.1, 0.15) is 5.82 Å². The molecule has 2 aromatic heterocycles. The highest BCUT2D eigenvalue weighted by atomic mass is 32.1. The van der Waals surface area contributed by atoms with Crippen LogP contribution < -0.4 is 10.6 Å². The number of amides is 1. The summed E-state index contributed by atoms with van der Waals surface area (Å²) in [7, 11) is 0. The molecule has 6 heteroatoms. The molecule has 5 nitrogen and oxygen atoms in total. The Kier molecular flexibility index (Phi) is 6.11. The average Bonchev–Trinajstić information content (AvgIpc) is 3.39. The van der Waals surface area contributed by atoms with Crippen molar-refractivity contribution in [1.82, 2.24) is 15.2 Å². The number of carbonyl (C=O) groups excluding carboxylic acids is 1. The van der Waals surface area contributed by atoms with Crippen molar-refractivity contribution in [2.24, 2.45) is 0 Å². The van der Waals surface area contributed by atoms with Crippen LogP contribution in [0.25, 0.3) is 10.9 Å². The van der Waals surface area contributed by atoms with Crippen molar-refractivity contribution in [2.75, 3.05) is 25.0 Å². The number of anilines is 1. The number of hydrogen-bond donors (Lipinski definition) is 2. The van der Waals surface area contributed by atoms with Crippen LogP contribution in [-0.4, -0.2) is 41.5 Å². The molecule has 0 spiro atoms. The van der Waals surface area contributed by atoms with Gasteiger partial charge in [-0.1, -0.05) is 32.0 Å². The highest BCUT2D eigenvalue weighted by Crippen LogP contribution is 2.26. The summed E-state index contributed by atoms with van der Waals surface area (Å²) >= 11 is 1.72. The molecular formula is C23H28N4OS. The van der Waals surface area contributed by atoms with Crippen molar-refractivity contribution in [3.8, 4) is 0 Å². The molecule has 152 valence electrons. The van der Waals surface area contributed by atoms with E-state index in [-0.39, 0.29) is 11.9 Å². The lowest BCUT2D eigenvalue weighted by Crippen LogP contribution is -2.33. The number of aromatic nitrogens is 1. The molecule has 1 aliphatic rings. The summed E-state index contributed by atoms with van der Waals surface area (Å²) in [6.07, 6.45) is 2.15. The van der Waals surface area contributed by atoms with E-state index in [1.165, 1.54) is 5.56 Å². The Labute approximate surface area is 176 Å². The van der Waals surface area contributed by atoms with Gasteiger partial charge in [-0.3, -0.25) is 9.69 Å². The van der Waals surface area contributed by atoms with Gasteiger partial charge in [-0.25, -0.2) is 4.98 Å². The molecule has 1 fully saturated rings. The lowest BCUT2D eigenvalue weighted by atomic mass is 10.1. The number of nitrogens with one attached hydrogen (secondary N) is 2. The van der Waals surface area contributed by atoms with Crippen molar-refractivity contribution >= 4 is 34.0 Å². The summed E-state index contributed by atoms with van der Waals surface area (Å²) in [6.45, 7) is 7.10. The first-order chi connectivity index (χ1) is 14.2. The van der Waals surface area contributed by atoms with E-state index in [0.717, 1.165) is 49.2 Å². The number of benzene rings is 1. The molecule has 0 radical (unpaired) electrons. The molecule has 3 aromatic rings. The lowest BCUT2D eigenvalue weighted by Gasteiger charge is -2.29. The minimum atomic E-state index is -0.00715. The van der Waals surface area contributed by atoms with E-state index < -0.39 is 0 Å². The van der Waals surface area contributed by atoms with Crippen LogP contribution in [0, 0.1) is 0 Å². The normalized spacial score (nSPS) is 14.9. The zero-order valence-electron chi connectivity index (χ0n) is 17.0. The van der Waals surface area contributed by atoms with Crippen molar-refractivity contribution in [2.45, 2.75) is 38.8 Å². The lowest BCUT2D eigenvalue weighted by molar-refractivity contribution is 0.0952. The topological polar surface area (TPSA) is 57.3 Å². The van der Waals surface area contributed by atoms with Crippen molar-refractivity contribution in [3.05, 3.63) is 58.3 Å². The molecule has 1 saturated carbocycles. The number of fused-ring (bicyclic) bond motifs is 1. The standard InChI is InChI=1S/C23H28N4OS/c1-3-27(4-2)21(16-11-12-29-15-16)14-24-22-13-19(23(28)25-17-9-10-17)18-7-5-6-8-20(18)26-22/h5-8,11-13,15,17,21H,3-4,9-10,14H2,1-2H3,(H,24,26)(H,25,28).